The van der Waals surface area contributed by atoms with Crippen molar-refractivity contribution in [2.24, 2.45) is 5.73 Å². The van der Waals surface area contributed by atoms with Gasteiger partial charge in [0.1, 0.15) is 5.60 Å². The molecule has 24 heavy (non-hydrogen) atoms. The molecule has 0 spiro atoms. The van der Waals surface area contributed by atoms with E-state index in [1.807, 2.05) is 45.0 Å². The number of amides is 1. The number of thiocarbonyl (C=S) groups is 1. The molecule has 7 heteroatoms. The van der Waals surface area contributed by atoms with E-state index in [0.29, 0.717) is 6.54 Å². The highest BCUT2D eigenvalue weighted by Crippen LogP contribution is 2.20. The van der Waals surface area contributed by atoms with Crippen LogP contribution in [-0.4, -0.2) is 40.8 Å². The van der Waals surface area contributed by atoms with Crippen LogP contribution in [0.5, 0.6) is 0 Å². The molecule has 0 aromatic heterocycles. The fraction of sp³-hybridized carbons (Fsp3) is 0.529. The van der Waals surface area contributed by atoms with Crippen molar-refractivity contribution in [1.29, 1.82) is 0 Å². The first-order valence-electron chi connectivity index (χ1n) is 8.14. The molecule has 1 fully saturated rings. The van der Waals surface area contributed by atoms with Crippen LogP contribution in [0, 0.1) is 0 Å². The number of nitrogens with one attached hydrogen (secondary N) is 2. The summed E-state index contributed by atoms with van der Waals surface area (Å²) >= 11 is 4.82. The van der Waals surface area contributed by atoms with E-state index in [9.17, 15) is 4.79 Å². The van der Waals surface area contributed by atoms with Crippen LogP contribution in [0.1, 0.15) is 33.6 Å². The molecule has 0 saturated carbocycles. The van der Waals surface area contributed by atoms with Gasteiger partial charge in [-0.25, -0.2) is 4.79 Å². The van der Waals surface area contributed by atoms with E-state index >= 15 is 0 Å². The van der Waals surface area contributed by atoms with Gasteiger partial charge in [-0.05, 0) is 70.1 Å². The Hall–Kier alpha value is -2.02. The predicted molar refractivity (Wildman–Crippen MR) is 101 cm³/mol. The van der Waals surface area contributed by atoms with Crippen LogP contribution in [0.4, 0.5) is 16.2 Å². The SMILES string of the molecule is CC(C)(C)OC(=O)N1CCCC(Nc2ccc(NC(N)=S)cc2)C1. The summed E-state index contributed by atoms with van der Waals surface area (Å²) in [6.07, 6.45) is 1.73. The third-order valence-corrected chi connectivity index (χ3v) is 3.70. The van der Waals surface area contributed by atoms with Crippen LogP contribution in [-0.2, 0) is 4.74 Å². The van der Waals surface area contributed by atoms with Gasteiger partial charge in [0.15, 0.2) is 5.11 Å². The standard InChI is InChI=1S/C17H26N4O2S/c1-17(2,3)23-16(22)21-10-4-5-14(11-21)19-12-6-8-13(9-7-12)20-15(18)24/h6-9,14,19H,4-5,10-11H2,1-3H3,(H3,18,20,24). The third-order valence-electron chi connectivity index (χ3n) is 3.60. The summed E-state index contributed by atoms with van der Waals surface area (Å²) in [4.78, 5) is 14.0. The lowest BCUT2D eigenvalue weighted by Gasteiger charge is -2.34. The predicted octanol–water partition coefficient (Wildman–Crippen LogP) is 3.15. The van der Waals surface area contributed by atoms with Gasteiger partial charge < -0.3 is 26.0 Å². The summed E-state index contributed by atoms with van der Waals surface area (Å²) in [6.45, 7) is 7.03. The summed E-state index contributed by atoms with van der Waals surface area (Å²) in [5.41, 5.74) is 6.84. The van der Waals surface area contributed by atoms with Crippen molar-refractivity contribution in [3.63, 3.8) is 0 Å². The van der Waals surface area contributed by atoms with Gasteiger partial charge in [-0.15, -0.1) is 0 Å². The van der Waals surface area contributed by atoms with E-state index < -0.39 is 5.60 Å². The number of carbonyl (C=O) groups excluding carboxylic acids is 1. The summed E-state index contributed by atoms with van der Waals surface area (Å²) in [6, 6.07) is 7.96. The zero-order valence-electron chi connectivity index (χ0n) is 14.5. The Morgan fingerprint density at radius 3 is 2.50 bits per heavy atom. The Morgan fingerprint density at radius 2 is 1.92 bits per heavy atom. The van der Waals surface area contributed by atoms with Gasteiger partial charge in [0.2, 0.25) is 0 Å². The van der Waals surface area contributed by atoms with Crippen molar-refractivity contribution >= 4 is 34.8 Å². The molecule has 1 aromatic rings. The second-order valence-corrected chi connectivity index (χ2v) is 7.42. The number of nitrogens with zero attached hydrogens (tertiary/aromatic N) is 1. The minimum atomic E-state index is -0.468. The Labute approximate surface area is 148 Å². The first-order chi connectivity index (χ1) is 11.2. The number of carbonyl (C=O) groups is 1. The average Bonchev–Trinajstić information content (AvgIpc) is 2.47. The molecule has 6 nitrogen and oxygen atoms in total. The Kier molecular flexibility index (Phi) is 5.88. The van der Waals surface area contributed by atoms with E-state index in [2.05, 4.69) is 10.6 Å². The topological polar surface area (TPSA) is 79.6 Å². The zero-order chi connectivity index (χ0) is 17.7. The largest absolute Gasteiger partial charge is 0.444 e. The molecule has 1 aromatic carbocycles. The molecular weight excluding hydrogens is 324 g/mol. The molecule has 2 rings (SSSR count). The van der Waals surface area contributed by atoms with Gasteiger partial charge in [-0.1, -0.05) is 0 Å². The quantitative estimate of drug-likeness (QED) is 0.727. The van der Waals surface area contributed by atoms with Crippen molar-refractivity contribution < 1.29 is 9.53 Å². The number of rotatable bonds is 3. The molecule has 0 bridgehead atoms. The third kappa shape index (κ3) is 5.88. The molecule has 1 aliphatic heterocycles. The maximum absolute atomic E-state index is 12.2. The molecule has 1 amide bonds. The zero-order valence-corrected chi connectivity index (χ0v) is 15.3. The van der Waals surface area contributed by atoms with Gasteiger partial charge in [-0.3, -0.25) is 0 Å². The van der Waals surface area contributed by atoms with E-state index in [1.165, 1.54) is 0 Å². The second-order valence-electron chi connectivity index (χ2n) is 6.98. The van der Waals surface area contributed by atoms with Crippen molar-refractivity contribution in [2.75, 3.05) is 23.7 Å². The lowest BCUT2D eigenvalue weighted by Crippen LogP contribution is -2.46. The number of hydrogen-bond acceptors (Lipinski definition) is 4. The van der Waals surface area contributed by atoms with Gasteiger partial charge in [0.25, 0.3) is 0 Å². The number of hydrogen-bond donors (Lipinski definition) is 3. The van der Waals surface area contributed by atoms with Crippen LogP contribution in [0.25, 0.3) is 0 Å². The van der Waals surface area contributed by atoms with Gasteiger partial charge in [0, 0.05) is 30.5 Å². The number of anilines is 2. The van der Waals surface area contributed by atoms with Crippen molar-refractivity contribution in [2.45, 2.75) is 45.3 Å². The molecule has 1 aliphatic rings. The molecule has 1 heterocycles. The van der Waals surface area contributed by atoms with E-state index in [1.54, 1.807) is 4.90 Å². The Bertz CT molecular complexity index is 583. The number of likely N-dealkylation sites (tertiary alicyclic amines) is 1. The lowest BCUT2D eigenvalue weighted by molar-refractivity contribution is 0.0206. The van der Waals surface area contributed by atoms with Crippen LogP contribution in [0.15, 0.2) is 24.3 Å². The molecule has 132 valence electrons. The van der Waals surface area contributed by atoms with Gasteiger partial charge in [-0.2, -0.15) is 0 Å². The summed E-state index contributed by atoms with van der Waals surface area (Å²) in [5.74, 6) is 0. The fourth-order valence-corrected chi connectivity index (χ4v) is 2.73. The molecule has 4 N–H and O–H groups in total. The van der Waals surface area contributed by atoms with Crippen molar-refractivity contribution in [1.82, 2.24) is 4.90 Å². The van der Waals surface area contributed by atoms with Gasteiger partial charge in [0.05, 0.1) is 0 Å². The maximum atomic E-state index is 12.2. The summed E-state index contributed by atoms with van der Waals surface area (Å²) < 4.78 is 5.46. The number of nitrogens with two attached hydrogens (primary N) is 1. The van der Waals surface area contributed by atoms with Crippen molar-refractivity contribution in [3.8, 4) is 0 Å². The molecule has 0 aliphatic carbocycles. The lowest BCUT2D eigenvalue weighted by atomic mass is 10.1. The first kappa shape index (κ1) is 18.3. The second kappa shape index (κ2) is 7.70. The molecule has 0 radical (unpaired) electrons. The summed E-state index contributed by atoms with van der Waals surface area (Å²) in [5, 5.41) is 6.61. The Morgan fingerprint density at radius 1 is 1.29 bits per heavy atom. The van der Waals surface area contributed by atoms with Gasteiger partial charge >= 0.3 is 6.09 Å². The van der Waals surface area contributed by atoms with Crippen LogP contribution in [0.2, 0.25) is 0 Å². The first-order valence-corrected chi connectivity index (χ1v) is 8.55. The van der Waals surface area contributed by atoms with E-state index in [0.717, 1.165) is 30.8 Å². The smallest absolute Gasteiger partial charge is 0.410 e. The normalized spacial score (nSPS) is 18.0. The Balaban J connectivity index is 1.90. The number of piperidine rings is 1. The van der Waals surface area contributed by atoms with Crippen molar-refractivity contribution in [3.05, 3.63) is 24.3 Å². The monoisotopic (exact) mass is 350 g/mol. The highest BCUT2D eigenvalue weighted by molar-refractivity contribution is 7.80. The fourth-order valence-electron chi connectivity index (χ4n) is 2.62. The minimum absolute atomic E-state index is 0.209. The van der Waals surface area contributed by atoms with E-state index in [-0.39, 0.29) is 17.2 Å². The molecule has 1 atom stereocenters. The maximum Gasteiger partial charge on any atom is 0.410 e. The highest BCUT2D eigenvalue weighted by Gasteiger charge is 2.27. The average molecular weight is 350 g/mol. The number of ether oxygens (including phenoxy) is 1. The number of benzene rings is 1. The van der Waals surface area contributed by atoms with Crippen LogP contribution in [0.3, 0.4) is 0 Å². The van der Waals surface area contributed by atoms with Crippen LogP contribution >= 0.6 is 12.2 Å². The summed E-state index contributed by atoms with van der Waals surface area (Å²) in [7, 11) is 0. The molecular formula is C17H26N4O2S. The molecule has 1 saturated heterocycles. The highest BCUT2D eigenvalue weighted by atomic mass is 32.1. The van der Waals surface area contributed by atoms with Crippen LogP contribution < -0.4 is 16.4 Å². The van der Waals surface area contributed by atoms with E-state index in [4.69, 9.17) is 22.7 Å². The molecule has 1 unspecified atom stereocenters. The minimum Gasteiger partial charge on any atom is -0.444 e.